The molecule has 0 saturated carbocycles. The molecular weight excluding hydrogens is 247 g/mol. The average Bonchev–Trinajstić information content (AvgIpc) is 2.26. The van der Waals surface area contributed by atoms with E-state index < -0.39 is 17.8 Å². The van der Waals surface area contributed by atoms with Crippen molar-refractivity contribution < 1.29 is 22.7 Å². The molecule has 0 aliphatic carbocycles. The molecule has 0 radical (unpaired) electrons. The number of carbonyl (C=O) groups excluding carboxylic acids is 1. The SMILES string of the molecule is CC(C)OC(=O)N(C)c1cccc(C(F)(F)F)c1. The van der Waals surface area contributed by atoms with Crippen LogP contribution in [0.4, 0.5) is 23.7 Å². The first kappa shape index (κ1) is 14.3. The molecule has 1 aromatic rings. The van der Waals surface area contributed by atoms with Crippen LogP contribution in [0.5, 0.6) is 0 Å². The Morgan fingerprint density at radius 3 is 2.44 bits per heavy atom. The minimum absolute atomic E-state index is 0.135. The van der Waals surface area contributed by atoms with Crippen LogP contribution in [0.15, 0.2) is 24.3 Å². The van der Waals surface area contributed by atoms with E-state index in [9.17, 15) is 18.0 Å². The molecule has 0 saturated heterocycles. The van der Waals surface area contributed by atoms with E-state index in [-0.39, 0.29) is 11.8 Å². The summed E-state index contributed by atoms with van der Waals surface area (Å²) in [5.41, 5.74) is -0.667. The van der Waals surface area contributed by atoms with Crippen molar-refractivity contribution in [3.63, 3.8) is 0 Å². The van der Waals surface area contributed by atoms with Gasteiger partial charge in [0.1, 0.15) is 0 Å². The first-order chi connectivity index (χ1) is 8.21. The zero-order valence-electron chi connectivity index (χ0n) is 10.3. The van der Waals surface area contributed by atoms with Gasteiger partial charge in [-0.1, -0.05) is 6.07 Å². The number of hydrogen-bond acceptors (Lipinski definition) is 2. The zero-order chi connectivity index (χ0) is 13.9. The van der Waals surface area contributed by atoms with Crippen LogP contribution >= 0.6 is 0 Å². The van der Waals surface area contributed by atoms with Gasteiger partial charge in [0.25, 0.3) is 0 Å². The van der Waals surface area contributed by atoms with Gasteiger partial charge < -0.3 is 4.74 Å². The molecule has 0 unspecified atom stereocenters. The highest BCUT2D eigenvalue weighted by atomic mass is 19.4. The number of ether oxygens (including phenoxy) is 1. The molecule has 0 heterocycles. The van der Waals surface area contributed by atoms with Crippen molar-refractivity contribution in [2.24, 2.45) is 0 Å². The van der Waals surface area contributed by atoms with Gasteiger partial charge in [-0.05, 0) is 32.0 Å². The highest BCUT2D eigenvalue weighted by Gasteiger charge is 2.31. The van der Waals surface area contributed by atoms with Crippen LogP contribution in [0.2, 0.25) is 0 Å². The number of alkyl halides is 3. The third kappa shape index (κ3) is 3.65. The van der Waals surface area contributed by atoms with Gasteiger partial charge in [0, 0.05) is 12.7 Å². The zero-order valence-corrected chi connectivity index (χ0v) is 10.3. The van der Waals surface area contributed by atoms with Gasteiger partial charge in [0.15, 0.2) is 0 Å². The Hall–Kier alpha value is -1.72. The molecule has 1 amide bonds. The summed E-state index contributed by atoms with van der Waals surface area (Å²) in [4.78, 5) is 12.6. The van der Waals surface area contributed by atoms with Crippen LogP contribution in [0, 0.1) is 0 Å². The Morgan fingerprint density at radius 2 is 1.94 bits per heavy atom. The molecule has 6 heteroatoms. The molecule has 0 atom stereocenters. The van der Waals surface area contributed by atoms with Gasteiger partial charge in [-0.15, -0.1) is 0 Å². The predicted octanol–water partition coefficient (Wildman–Crippen LogP) is 3.69. The molecular formula is C12H14F3NO2. The molecule has 0 fully saturated rings. The molecule has 1 rings (SSSR count). The summed E-state index contributed by atoms with van der Waals surface area (Å²) in [6, 6.07) is 4.51. The van der Waals surface area contributed by atoms with E-state index in [2.05, 4.69) is 0 Å². The minimum Gasteiger partial charge on any atom is -0.446 e. The van der Waals surface area contributed by atoms with Gasteiger partial charge in [-0.25, -0.2) is 4.79 Å². The number of anilines is 1. The number of amides is 1. The van der Waals surface area contributed by atoms with E-state index in [1.54, 1.807) is 13.8 Å². The van der Waals surface area contributed by atoms with Crippen LogP contribution in [-0.4, -0.2) is 19.2 Å². The van der Waals surface area contributed by atoms with Crippen molar-refractivity contribution in [2.75, 3.05) is 11.9 Å². The normalized spacial score (nSPS) is 11.5. The molecule has 18 heavy (non-hydrogen) atoms. The van der Waals surface area contributed by atoms with Crippen LogP contribution in [0.25, 0.3) is 0 Å². The quantitative estimate of drug-likeness (QED) is 0.812. The van der Waals surface area contributed by atoms with Crippen molar-refractivity contribution in [3.8, 4) is 0 Å². The standard InChI is InChI=1S/C12H14F3NO2/c1-8(2)18-11(17)16(3)10-6-4-5-9(7-10)12(13,14)15/h4-8H,1-3H3. The van der Waals surface area contributed by atoms with Crippen LogP contribution in [-0.2, 0) is 10.9 Å². The largest absolute Gasteiger partial charge is 0.446 e. The second-order valence-electron chi connectivity index (χ2n) is 4.04. The molecule has 0 aliphatic rings. The second-order valence-corrected chi connectivity index (χ2v) is 4.04. The summed E-state index contributed by atoms with van der Waals surface area (Å²) in [6.45, 7) is 3.33. The molecule has 1 aromatic carbocycles. The number of nitrogens with zero attached hydrogens (tertiary/aromatic N) is 1. The number of rotatable bonds is 2. The van der Waals surface area contributed by atoms with Gasteiger partial charge in [0.05, 0.1) is 11.7 Å². The topological polar surface area (TPSA) is 29.5 Å². The lowest BCUT2D eigenvalue weighted by atomic mass is 10.2. The number of halogens is 3. The van der Waals surface area contributed by atoms with E-state index in [1.165, 1.54) is 19.2 Å². The summed E-state index contributed by atoms with van der Waals surface area (Å²) in [5, 5.41) is 0. The second kappa shape index (κ2) is 5.29. The minimum atomic E-state index is -4.43. The third-order valence-electron chi connectivity index (χ3n) is 2.17. The van der Waals surface area contributed by atoms with Gasteiger partial charge in [0.2, 0.25) is 0 Å². The Kier molecular flexibility index (Phi) is 4.21. The fourth-order valence-corrected chi connectivity index (χ4v) is 1.28. The molecule has 0 aliphatic heterocycles. The number of carbonyl (C=O) groups is 1. The Labute approximate surface area is 103 Å². The van der Waals surface area contributed by atoms with Crippen LogP contribution in [0.1, 0.15) is 19.4 Å². The Balaban J connectivity index is 2.93. The lowest BCUT2D eigenvalue weighted by Gasteiger charge is -2.19. The fourth-order valence-electron chi connectivity index (χ4n) is 1.28. The summed E-state index contributed by atoms with van der Waals surface area (Å²) in [5.74, 6) is 0. The first-order valence-electron chi connectivity index (χ1n) is 5.33. The van der Waals surface area contributed by atoms with E-state index in [0.29, 0.717) is 0 Å². The van der Waals surface area contributed by atoms with Crippen molar-refractivity contribution in [3.05, 3.63) is 29.8 Å². The van der Waals surface area contributed by atoms with Crippen molar-refractivity contribution in [1.29, 1.82) is 0 Å². The molecule has 0 aromatic heterocycles. The third-order valence-corrected chi connectivity index (χ3v) is 2.17. The van der Waals surface area contributed by atoms with Crippen LogP contribution < -0.4 is 4.90 Å². The van der Waals surface area contributed by atoms with Crippen molar-refractivity contribution >= 4 is 11.8 Å². The smallest absolute Gasteiger partial charge is 0.416 e. The number of hydrogen-bond donors (Lipinski definition) is 0. The maximum atomic E-state index is 12.5. The Bertz CT molecular complexity index is 430. The Morgan fingerprint density at radius 1 is 1.33 bits per heavy atom. The average molecular weight is 261 g/mol. The predicted molar refractivity (Wildman–Crippen MR) is 61.5 cm³/mol. The highest BCUT2D eigenvalue weighted by molar-refractivity contribution is 5.87. The van der Waals surface area contributed by atoms with E-state index in [1.807, 2.05) is 0 Å². The maximum absolute atomic E-state index is 12.5. The molecule has 0 bridgehead atoms. The van der Waals surface area contributed by atoms with Gasteiger partial charge in [-0.2, -0.15) is 13.2 Å². The van der Waals surface area contributed by atoms with Crippen LogP contribution in [0.3, 0.4) is 0 Å². The van der Waals surface area contributed by atoms with E-state index in [0.717, 1.165) is 17.0 Å². The maximum Gasteiger partial charge on any atom is 0.416 e. The van der Waals surface area contributed by atoms with Gasteiger partial charge in [-0.3, -0.25) is 4.90 Å². The summed E-state index contributed by atoms with van der Waals surface area (Å²) < 4.78 is 42.4. The van der Waals surface area contributed by atoms with Crippen molar-refractivity contribution in [2.45, 2.75) is 26.1 Å². The summed E-state index contributed by atoms with van der Waals surface area (Å²) >= 11 is 0. The monoisotopic (exact) mass is 261 g/mol. The first-order valence-corrected chi connectivity index (χ1v) is 5.33. The van der Waals surface area contributed by atoms with E-state index in [4.69, 9.17) is 4.74 Å². The van der Waals surface area contributed by atoms with Crippen molar-refractivity contribution in [1.82, 2.24) is 0 Å². The van der Waals surface area contributed by atoms with E-state index >= 15 is 0 Å². The molecule has 0 spiro atoms. The lowest BCUT2D eigenvalue weighted by Crippen LogP contribution is -2.29. The molecule has 3 nitrogen and oxygen atoms in total. The molecule has 100 valence electrons. The summed E-state index contributed by atoms with van der Waals surface area (Å²) in [7, 11) is 1.36. The summed E-state index contributed by atoms with van der Waals surface area (Å²) in [6.07, 6.45) is -5.45. The fraction of sp³-hybridized carbons (Fsp3) is 0.417. The molecule has 0 N–H and O–H groups in total. The lowest BCUT2D eigenvalue weighted by molar-refractivity contribution is -0.137. The highest BCUT2D eigenvalue weighted by Crippen LogP contribution is 2.31. The number of benzene rings is 1. The van der Waals surface area contributed by atoms with Gasteiger partial charge >= 0.3 is 12.3 Å².